The molecule has 1 saturated heterocycles. The van der Waals surface area contributed by atoms with Crippen molar-refractivity contribution < 1.29 is 9.18 Å². The third-order valence-electron chi connectivity index (χ3n) is 6.71. The highest BCUT2D eigenvalue weighted by Crippen LogP contribution is 2.41. The number of pyridine rings is 1. The number of hydrogen-bond acceptors (Lipinski definition) is 3. The first-order valence-corrected chi connectivity index (χ1v) is 12.6. The van der Waals surface area contributed by atoms with Gasteiger partial charge in [0.25, 0.3) is 0 Å². The van der Waals surface area contributed by atoms with Gasteiger partial charge in [-0.05, 0) is 86.2 Å². The number of nitrogens with zero attached hydrogens (tertiary/aromatic N) is 3. The van der Waals surface area contributed by atoms with E-state index >= 15 is 0 Å². The van der Waals surface area contributed by atoms with E-state index in [4.69, 9.17) is 12.2 Å². The zero-order valence-corrected chi connectivity index (χ0v) is 21.5. The van der Waals surface area contributed by atoms with Crippen molar-refractivity contribution in [2.45, 2.75) is 32.4 Å². The molecular formula is C29H28FN5OS. The van der Waals surface area contributed by atoms with Gasteiger partial charge < -0.3 is 20.1 Å². The van der Waals surface area contributed by atoms with Gasteiger partial charge in [-0.15, -0.1) is 0 Å². The fourth-order valence-corrected chi connectivity index (χ4v) is 5.36. The van der Waals surface area contributed by atoms with Crippen molar-refractivity contribution in [2.24, 2.45) is 0 Å². The SMILES string of the molecule is Cc1cc([C@@H]2[C@@H](c3ccccn3)NC(=S)N2CCC(=O)Nc2ccccc2)c(C)n1-c1ccc(F)cc1. The number of thiocarbonyl (C=S) groups is 1. The molecule has 2 aromatic heterocycles. The summed E-state index contributed by atoms with van der Waals surface area (Å²) in [5.74, 6) is -0.349. The van der Waals surface area contributed by atoms with E-state index in [-0.39, 0.29) is 30.2 Å². The standard InChI is InChI=1S/C29H28FN5OS/c1-19-18-24(20(2)35(19)23-13-11-21(30)12-14-23)28-27(25-10-6-7-16-31-25)33-29(37)34(28)17-15-26(36)32-22-8-4-3-5-9-22/h3-14,16,18,27-28H,15,17H2,1-2H3,(H,32,36)(H,33,37)/t27-,28-/m1/s1. The maximum atomic E-state index is 13.6. The quantitative estimate of drug-likeness (QED) is 0.314. The van der Waals surface area contributed by atoms with Gasteiger partial charge in [0.05, 0.1) is 17.8 Å². The molecule has 0 spiro atoms. The van der Waals surface area contributed by atoms with Crippen LogP contribution in [0.3, 0.4) is 0 Å². The van der Waals surface area contributed by atoms with Gasteiger partial charge in [0.1, 0.15) is 5.82 Å². The normalized spacial score (nSPS) is 17.1. The molecule has 1 aliphatic heterocycles. The first-order valence-electron chi connectivity index (χ1n) is 12.2. The molecule has 6 nitrogen and oxygen atoms in total. The molecule has 188 valence electrons. The van der Waals surface area contributed by atoms with Crippen LogP contribution in [-0.4, -0.2) is 32.0 Å². The number of anilines is 1. The van der Waals surface area contributed by atoms with Crippen LogP contribution in [0.5, 0.6) is 0 Å². The average Bonchev–Trinajstić information content (AvgIpc) is 3.39. The van der Waals surface area contributed by atoms with Crippen LogP contribution in [0.25, 0.3) is 5.69 Å². The molecule has 3 heterocycles. The van der Waals surface area contributed by atoms with Gasteiger partial charge in [0, 0.05) is 41.9 Å². The predicted molar refractivity (Wildman–Crippen MR) is 147 cm³/mol. The average molecular weight is 514 g/mol. The smallest absolute Gasteiger partial charge is 0.226 e. The lowest BCUT2D eigenvalue weighted by Crippen LogP contribution is -2.32. The Morgan fingerprint density at radius 2 is 1.78 bits per heavy atom. The molecule has 1 amide bonds. The van der Waals surface area contributed by atoms with Crippen molar-refractivity contribution in [2.75, 3.05) is 11.9 Å². The van der Waals surface area contributed by atoms with E-state index in [2.05, 4.69) is 38.1 Å². The van der Waals surface area contributed by atoms with E-state index in [1.165, 1.54) is 12.1 Å². The third-order valence-corrected chi connectivity index (χ3v) is 7.06. The van der Waals surface area contributed by atoms with Crippen LogP contribution >= 0.6 is 12.2 Å². The molecule has 2 atom stereocenters. The van der Waals surface area contributed by atoms with Crippen LogP contribution in [0, 0.1) is 19.7 Å². The zero-order chi connectivity index (χ0) is 25.9. The molecule has 37 heavy (non-hydrogen) atoms. The monoisotopic (exact) mass is 513 g/mol. The summed E-state index contributed by atoms with van der Waals surface area (Å²) in [4.78, 5) is 19.4. The highest BCUT2D eigenvalue weighted by atomic mass is 32.1. The summed E-state index contributed by atoms with van der Waals surface area (Å²) in [5, 5.41) is 6.99. The summed E-state index contributed by atoms with van der Waals surface area (Å²) in [6.07, 6.45) is 2.05. The number of halogens is 1. The van der Waals surface area contributed by atoms with E-state index < -0.39 is 0 Å². The van der Waals surface area contributed by atoms with E-state index in [1.807, 2.05) is 55.5 Å². The lowest BCUT2D eigenvalue weighted by Gasteiger charge is -2.28. The van der Waals surface area contributed by atoms with Crippen LogP contribution in [-0.2, 0) is 4.79 Å². The van der Waals surface area contributed by atoms with E-state index in [0.29, 0.717) is 11.7 Å². The topological polar surface area (TPSA) is 62.2 Å². The van der Waals surface area contributed by atoms with Gasteiger partial charge in [0.15, 0.2) is 5.11 Å². The largest absolute Gasteiger partial charge is 0.352 e. The second kappa shape index (κ2) is 10.5. The molecule has 2 N–H and O–H groups in total. The fraction of sp³-hybridized carbons (Fsp3) is 0.207. The number of para-hydroxylation sites is 1. The minimum absolute atomic E-state index is 0.0779. The maximum Gasteiger partial charge on any atom is 0.226 e. The predicted octanol–water partition coefficient (Wildman–Crippen LogP) is 5.63. The highest BCUT2D eigenvalue weighted by molar-refractivity contribution is 7.80. The lowest BCUT2D eigenvalue weighted by molar-refractivity contribution is -0.116. The Hall–Kier alpha value is -4.04. The summed E-state index contributed by atoms with van der Waals surface area (Å²) >= 11 is 5.77. The zero-order valence-electron chi connectivity index (χ0n) is 20.7. The molecule has 8 heteroatoms. The van der Waals surface area contributed by atoms with Gasteiger partial charge >= 0.3 is 0 Å². The minimum atomic E-state index is -0.271. The van der Waals surface area contributed by atoms with Crippen LogP contribution in [0.2, 0.25) is 0 Å². The molecule has 0 unspecified atom stereocenters. The number of carbonyl (C=O) groups excluding carboxylic acids is 1. The van der Waals surface area contributed by atoms with Crippen LogP contribution < -0.4 is 10.6 Å². The lowest BCUT2D eigenvalue weighted by atomic mass is 9.96. The summed E-state index contributed by atoms with van der Waals surface area (Å²) in [7, 11) is 0. The van der Waals surface area contributed by atoms with Crippen molar-refractivity contribution in [1.29, 1.82) is 0 Å². The molecular weight excluding hydrogens is 485 g/mol. The first-order chi connectivity index (χ1) is 17.9. The number of hydrogen-bond donors (Lipinski definition) is 2. The summed E-state index contributed by atoms with van der Waals surface area (Å²) in [6.45, 7) is 4.54. The Kier molecular flexibility index (Phi) is 7.01. The van der Waals surface area contributed by atoms with Crippen molar-refractivity contribution >= 4 is 28.9 Å². The summed E-state index contributed by atoms with van der Waals surface area (Å²) < 4.78 is 15.7. The molecule has 0 bridgehead atoms. The van der Waals surface area contributed by atoms with Gasteiger partial charge in [0.2, 0.25) is 5.91 Å². The Morgan fingerprint density at radius 1 is 1.05 bits per heavy atom. The number of aryl methyl sites for hydroxylation is 1. The molecule has 0 aliphatic carbocycles. The first kappa shape index (κ1) is 24.6. The number of benzene rings is 2. The number of nitrogens with one attached hydrogen (secondary N) is 2. The number of carbonyl (C=O) groups is 1. The minimum Gasteiger partial charge on any atom is -0.352 e. The van der Waals surface area contributed by atoms with Gasteiger partial charge in [-0.25, -0.2) is 4.39 Å². The van der Waals surface area contributed by atoms with E-state index in [9.17, 15) is 9.18 Å². The van der Waals surface area contributed by atoms with Crippen molar-refractivity contribution in [3.05, 3.63) is 114 Å². The summed E-state index contributed by atoms with van der Waals surface area (Å²) in [6, 6.07) is 23.5. The number of rotatable bonds is 7. The van der Waals surface area contributed by atoms with Crippen molar-refractivity contribution in [1.82, 2.24) is 19.8 Å². The van der Waals surface area contributed by atoms with Crippen molar-refractivity contribution in [3.63, 3.8) is 0 Å². The molecule has 2 aromatic carbocycles. The molecule has 5 rings (SSSR count). The van der Waals surface area contributed by atoms with Gasteiger partial charge in [-0.1, -0.05) is 24.3 Å². The molecule has 4 aromatic rings. The van der Waals surface area contributed by atoms with Crippen LogP contribution in [0.1, 0.15) is 41.1 Å². The van der Waals surface area contributed by atoms with Crippen molar-refractivity contribution in [3.8, 4) is 5.69 Å². The number of amides is 1. The van der Waals surface area contributed by atoms with Gasteiger partial charge in [-0.3, -0.25) is 9.78 Å². The van der Waals surface area contributed by atoms with E-state index in [0.717, 1.165) is 34.0 Å². The maximum absolute atomic E-state index is 13.6. The Labute approximate surface area is 221 Å². The number of aromatic nitrogens is 2. The molecule has 0 saturated carbocycles. The third kappa shape index (κ3) is 5.11. The van der Waals surface area contributed by atoms with Gasteiger partial charge in [-0.2, -0.15) is 0 Å². The Balaban J connectivity index is 1.47. The van der Waals surface area contributed by atoms with E-state index in [1.54, 1.807) is 18.3 Å². The second-order valence-electron chi connectivity index (χ2n) is 9.12. The van der Waals surface area contributed by atoms with Crippen LogP contribution in [0.15, 0.2) is 85.1 Å². The molecule has 0 radical (unpaired) electrons. The van der Waals surface area contributed by atoms with Crippen LogP contribution in [0.4, 0.5) is 10.1 Å². The molecule has 1 fully saturated rings. The Bertz CT molecular complexity index is 1410. The molecule has 1 aliphatic rings. The fourth-order valence-electron chi connectivity index (χ4n) is 5.03. The Morgan fingerprint density at radius 3 is 2.49 bits per heavy atom. The highest BCUT2D eigenvalue weighted by Gasteiger charge is 2.41. The summed E-state index contributed by atoms with van der Waals surface area (Å²) in [5.41, 5.74) is 5.66. The second-order valence-corrected chi connectivity index (χ2v) is 9.51.